The minimum atomic E-state index is -0.765. The zero-order chi connectivity index (χ0) is 21.8. The van der Waals surface area contributed by atoms with Crippen LogP contribution in [0.4, 0.5) is 14.9 Å². The lowest BCUT2D eigenvalue weighted by Crippen LogP contribution is -2.62. The second kappa shape index (κ2) is 9.13. The molecule has 2 fully saturated rings. The Morgan fingerprint density at radius 1 is 1.13 bits per heavy atom. The smallest absolute Gasteiger partial charge is 0.319 e. The molecule has 2 saturated heterocycles. The largest absolute Gasteiger partial charge is 0.374 e. The monoisotopic (exact) mass is 426 g/mol. The zero-order valence-corrected chi connectivity index (χ0v) is 16.7. The van der Waals surface area contributed by atoms with Crippen molar-refractivity contribution in [3.63, 3.8) is 0 Å². The number of hydrogen-bond acceptors (Lipinski definition) is 4. The van der Waals surface area contributed by atoms with E-state index in [0.29, 0.717) is 13.0 Å². The van der Waals surface area contributed by atoms with Crippen LogP contribution >= 0.6 is 0 Å². The van der Waals surface area contributed by atoms with E-state index < -0.39 is 30.0 Å². The lowest BCUT2D eigenvalue weighted by Gasteiger charge is -2.34. The molecule has 31 heavy (non-hydrogen) atoms. The highest BCUT2D eigenvalue weighted by Gasteiger charge is 2.46. The molecule has 2 aromatic carbocycles. The number of piperazine rings is 1. The number of rotatable bonds is 6. The maximum atomic E-state index is 13.7. The highest BCUT2D eigenvalue weighted by atomic mass is 19.1. The maximum absolute atomic E-state index is 13.7. The van der Waals surface area contributed by atoms with E-state index in [4.69, 9.17) is 4.74 Å². The lowest BCUT2D eigenvalue weighted by molar-refractivity contribution is -0.148. The summed E-state index contributed by atoms with van der Waals surface area (Å²) in [6.45, 7) is 0.607. The number of nitrogens with zero attached hydrogens (tertiary/aromatic N) is 1. The maximum Gasteiger partial charge on any atom is 0.319 e. The van der Waals surface area contributed by atoms with Gasteiger partial charge in [-0.2, -0.15) is 0 Å². The Kier molecular flexibility index (Phi) is 6.13. The van der Waals surface area contributed by atoms with Gasteiger partial charge in [-0.25, -0.2) is 9.18 Å². The van der Waals surface area contributed by atoms with E-state index in [0.717, 1.165) is 5.56 Å². The summed E-state index contributed by atoms with van der Waals surface area (Å²) in [5.41, 5.74) is 1.03. The van der Waals surface area contributed by atoms with E-state index in [2.05, 4.69) is 16.0 Å². The Morgan fingerprint density at radius 2 is 1.87 bits per heavy atom. The van der Waals surface area contributed by atoms with Crippen molar-refractivity contribution in [1.29, 1.82) is 0 Å². The highest BCUT2D eigenvalue weighted by molar-refractivity contribution is 5.98. The van der Waals surface area contributed by atoms with Crippen molar-refractivity contribution >= 4 is 23.5 Å². The van der Waals surface area contributed by atoms with E-state index >= 15 is 0 Å². The van der Waals surface area contributed by atoms with Crippen LogP contribution in [-0.2, 0) is 20.9 Å². The van der Waals surface area contributed by atoms with Crippen molar-refractivity contribution in [3.8, 4) is 0 Å². The van der Waals surface area contributed by atoms with Gasteiger partial charge < -0.3 is 25.6 Å². The predicted octanol–water partition coefficient (Wildman–Crippen LogP) is 1.63. The third kappa shape index (κ3) is 4.83. The fraction of sp³-hybridized carbons (Fsp3) is 0.318. The molecular weight excluding hydrogens is 403 g/mol. The minimum Gasteiger partial charge on any atom is -0.374 e. The lowest BCUT2D eigenvalue weighted by atomic mass is 10.1. The van der Waals surface area contributed by atoms with Crippen molar-refractivity contribution in [2.24, 2.45) is 0 Å². The summed E-state index contributed by atoms with van der Waals surface area (Å²) in [7, 11) is 0. The first-order valence-corrected chi connectivity index (χ1v) is 10.1. The minimum absolute atomic E-state index is 0.0557. The Bertz CT molecular complexity index is 971. The number of amides is 4. The van der Waals surface area contributed by atoms with Crippen molar-refractivity contribution < 1.29 is 23.5 Å². The van der Waals surface area contributed by atoms with Gasteiger partial charge in [0.05, 0.1) is 24.9 Å². The third-order valence-electron chi connectivity index (χ3n) is 5.35. The van der Waals surface area contributed by atoms with Crippen LogP contribution in [0.5, 0.6) is 0 Å². The van der Waals surface area contributed by atoms with Crippen LogP contribution in [-0.4, -0.2) is 54.0 Å². The van der Waals surface area contributed by atoms with Crippen molar-refractivity contribution in [3.05, 3.63) is 66.0 Å². The van der Waals surface area contributed by atoms with Crippen LogP contribution in [0.2, 0.25) is 0 Å². The zero-order valence-electron chi connectivity index (χ0n) is 16.7. The number of fused-ring (bicyclic) bond motifs is 1. The molecule has 0 radical (unpaired) electrons. The summed E-state index contributed by atoms with van der Waals surface area (Å²) in [5.74, 6) is -1.06. The Labute approximate surface area is 178 Å². The number of nitrogens with one attached hydrogen (secondary N) is 3. The molecule has 2 aromatic rings. The second-order valence-electron chi connectivity index (χ2n) is 7.58. The molecule has 0 bridgehead atoms. The molecule has 0 aromatic heterocycles. The molecule has 0 unspecified atom stereocenters. The molecule has 0 spiro atoms. The standard InChI is InChI=1S/C22H23FN4O4/c23-16-8-4-5-9-17(16)26-22(30)24-15-10-19-20(28)25-18(21(29)27(19)11-15)13-31-12-14-6-2-1-3-7-14/h1-9,15,18-19H,10-13H2,(H,25,28)(H2,24,26,30)/t15-,18-,19-/m0/s1. The normalized spacial score (nSPS) is 22.6. The van der Waals surface area contributed by atoms with Crippen LogP contribution in [0.3, 0.4) is 0 Å². The number of para-hydroxylation sites is 1. The van der Waals surface area contributed by atoms with Crippen molar-refractivity contribution in [1.82, 2.24) is 15.5 Å². The number of carbonyl (C=O) groups excluding carboxylic acids is 3. The molecule has 2 aliphatic heterocycles. The van der Waals surface area contributed by atoms with Crippen LogP contribution in [0.15, 0.2) is 54.6 Å². The molecular formula is C22H23FN4O4. The SMILES string of the molecule is O=C(Nc1ccccc1F)N[C@H]1C[C@H]2C(=O)N[C@@H](COCc3ccccc3)C(=O)N2C1. The van der Waals surface area contributed by atoms with E-state index in [1.165, 1.54) is 23.1 Å². The first-order valence-electron chi connectivity index (χ1n) is 10.1. The predicted molar refractivity (Wildman–Crippen MR) is 110 cm³/mol. The molecule has 3 N–H and O–H groups in total. The number of ether oxygens (including phenoxy) is 1. The quantitative estimate of drug-likeness (QED) is 0.654. The van der Waals surface area contributed by atoms with Gasteiger partial charge in [-0.15, -0.1) is 0 Å². The number of halogens is 1. The second-order valence-corrected chi connectivity index (χ2v) is 7.58. The summed E-state index contributed by atoms with van der Waals surface area (Å²) >= 11 is 0. The average Bonchev–Trinajstić information content (AvgIpc) is 3.18. The van der Waals surface area contributed by atoms with E-state index in [9.17, 15) is 18.8 Å². The fourth-order valence-corrected chi connectivity index (χ4v) is 3.85. The summed E-state index contributed by atoms with van der Waals surface area (Å²) < 4.78 is 19.3. The molecule has 9 heteroatoms. The topological polar surface area (TPSA) is 99.8 Å². The average molecular weight is 426 g/mol. The summed E-state index contributed by atoms with van der Waals surface area (Å²) in [6, 6.07) is 12.9. The number of urea groups is 1. The Hall–Kier alpha value is -3.46. The fourth-order valence-electron chi connectivity index (χ4n) is 3.85. The molecule has 0 aliphatic carbocycles. The van der Waals surface area contributed by atoms with Crippen molar-refractivity contribution in [2.75, 3.05) is 18.5 Å². The molecule has 162 valence electrons. The van der Waals surface area contributed by atoms with E-state index in [1.807, 2.05) is 30.3 Å². The molecule has 3 atom stereocenters. The molecule has 0 saturated carbocycles. The Balaban J connectivity index is 1.30. The number of carbonyl (C=O) groups is 3. The number of benzene rings is 2. The van der Waals surface area contributed by atoms with Gasteiger partial charge in [0.15, 0.2) is 0 Å². The van der Waals surface area contributed by atoms with Gasteiger partial charge in [0.2, 0.25) is 11.8 Å². The van der Waals surface area contributed by atoms with Gasteiger partial charge in [-0.1, -0.05) is 42.5 Å². The molecule has 2 aliphatic rings. The van der Waals surface area contributed by atoms with Gasteiger partial charge in [-0.05, 0) is 24.1 Å². The summed E-state index contributed by atoms with van der Waals surface area (Å²) in [4.78, 5) is 39.0. The first kappa shape index (κ1) is 20.8. The van der Waals surface area contributed by atoms with Gasteiger partial charge in [-0.3, -0.25) is 9.59 Å². The molecule has 4 rings (SSSR count). The highest BCUT2D eigenvalue weighted by Crippen LogP contribution is 2.23. The molecule has 8 nitrogen and oxygen atoms in total. The van der Waals surface area contributed by atoms with Crippen molar-refractivity contribution in [2.45, 2.75) is 31.2 Å². The number of hydrogen-bond donors (Lipinski definition) is 3. The third-order valence-corrected chi connectivity index (χ3v) is 5.35. The summed E-state index contributed by atoms with van der Waals surface area (Å²) in [6.07, 6.45) is 0.292. The van der Waals surface area contributed by atoms with Crippen LogP contribution in [0, 0.1) is 5.82 Å². The van der Waals surface area contributed by atoms with E-state index in [1.54, 1.807) is 6.07 Å². The Morgan fingerprint density at radius 3 is 2.65 bits per heavy atom. The van der Waals surface area contributed by atoms with Crippen LogP contribution < -0.4 is 16.0 Å². The molecule has 4 amide bonds. The molecule has 2 heterocycles. The van der Waals surface area contributed by atoms with E-state index in [-0.39, 0.29) is 30.7 Å². The van der Waals surface area contributed by atoms with Gasteiger partial charge >= 0.3 is 6.03 Å². The van der Waals surface area contributed by atoms with Gasteiger partial charge in [0.1, 0.15) is 17.9 Å². The van der Waals surface area contributed by atoms with Crippen LogP contribution in [0.1, 0.15) is 12.0 Å². The van der Waals surface area contributed by atoms with Crippen LogP contribution in [0.25, 0.3) is 0 Å². The summed E-state index contributed by atoms with van der Waals surface area (Å²) in [5, 5.41) is 7.87. The first-order chi connectivity index (χ1) is 15.0. The number of anilines is 1. The van der Waals surface area contributed by atoms with Gasteiger partial charge in [0, 0.05) is 6.54 Å². The van der Waals surface area contributed by atoms with Gasteiger partial charge in [0.25, 0.3) is 0 Å².